The summed E-state index contributed by atoms with van der Waals surface area (Å²) in [6, 6.07) is 4.85. The molecule has 0 aliphatic heterocycles. The van der Waals surface area contributed by atoms with E-state index >= 15 is 0 Å². The van der Waals surface area contributed by atoms with E-state index in [0.717, 1.165) is 18.4 Å². The molecule has 0 heterocycles. The van der Waals surface area contributed by atoms with Crippen LogP contribution in [0.2, 0.25) is 0 Å². The first-order valence-electron chi connectivity index (χ1n) is 6.69. The number of aryl methyl sites for hydroxylation is 1. The third kappa shape index (κ3) is 5.34. The van der Waals surface area contributed by atoms with Gasteiger partial charge >= 0.3 is 0 Å². The Hall–Kier alpha value is 2.12. The van der Waals surface area contributed by atoms with E-state index in [9.17, 15) is 0 Å². The van der Waals surface area contributed by atoms with Crippen LogP contribution in [-0.4, -0.2) is 7.59 Å². The van der Waals surface area contributed by atoms with Crippen molar-refractivity contribution in [2.24, 2.45) is 0 Å². The van der Waals surface area contributed by atoms with Gasteiger partial charge in [0.1, 0.15) is 0 Å². The first-order valence-corrected chi connectivity index (χ1v) is 10.5. The van der Waals surface area contributed by atoms with Crippen molar-refractivity contribution in [2.45, 2.75) is 42.4 Å². The molecule has 0 amide bonds. The zero-order valence-electron chi connectivity index (χ0n) is 12.1. The van der Waals surface area contributed by atoms with Crippen molar-refractivity contribution in [3.63, 3.8) is 0 Å². The van der Waals surface area contributed by atoms with Gasteiger partial charge in [0.15, 0.2) is 8.67 Å². The molecule has 138 valence electrons. The molecule has 0 saturated heterocycles. The number of hydrogen-bond donors (Lipinski definition) is 0. The molecule has 0 fully saturated rings. The van der Waals surface area contributed by atoms with Gasteiger partial charge in [0.05, 0.1) is 0 Å². The highest BCUT2D eigenvalue weighted by molar-refractivity contribution is 6.76. The third-order valence-electron chi connectivity index (χ3n) is 3.32. The molecule has 0 atom stereocenters. The lowest BCUT2D eigenvalue weighted by atomic mass is 9.96. The summed E-state index contributed by atoms with van der Waals surface area (Å²) in [5.41, 5.74) is 1.39. The van der Waals surface area contributed by atoms with Crippen molar-refractivity contribution in [3.8, 4) is 0 Å². The standard InChI is InChI=1S/C14H12Cl10/c1-2-3-4-8-5-6-9(11(15,16)13(19,20)21)7-10(8)12(17,18)14(22,23)24/h5-7H,2-4H2,1H3. The van der Waals surface area contributed by atoms with E-state index in [1.165, 1.54) is 6.07 Å². The lowest BCUT2D eigenvalue weighted by Crippen LogP contribution is -2.32. The van der Waals surface area contributed by atoms with E-state index < -0.39 is 16.3 Å². The Morgan fingerprint density at radius 1 is 0.750 bits per heavy atom. The van der Waals surface area contributed by atoms with Gasteiger partial charge in [-0.25, -0.2) is 0 Å². The summed E-state index contributed by atoms with van der Waals surface area (Å²) in [5, 5.41) is 0. The predicted octanol–water partition coefficient (Wildman–Crippen LogP) is 9.03. The lowest BCUT2D eigenvalue weighted by Gasteiger charge is -2.33. The minimum atomic E-state index is -2.00. The summed E-state index contributed by atoms with van der Waals surface area (Å²) in [4.78, 5) is 0. The normalized spacial score (nSPS) is 14.1. The van der Waals surface area contributed by atoms with E-state index in [1.807, 2.05) is 6.92 Å². The summed E-state index contributed by atoms with van der Waals surface area (Å²) in [6.45, 7) is 2.04. The van der Waals surface area contributed by atoms with Crippen molar-refractivity contribution < 1.29 is 0 Å². The van der Waals surface area contributed by atoms with E-state index in [1.54, 1.807) is 12.1 Å². The fourth-order valence-electron chi connectivity index (χ4n) is 1.97. The molecule has 0 saturated carbocycles. The van der Waals surface area contributed by atoms with Crippen molar-refractivity contribution in [1.82, 2.24) is 0 Å². The average molecular weight is 535 g/mol. The third-order valence-corrected chi connectivity index (χ3v) is 8.16. The van der Waals surface area contributed by atoms with Crippen LogP contribution in [0, 0.1) is 0 Å². The van der Waals surface area contributed by atoms with Gasteiger partial charge in [-0.15, -0.1) is 0 Å². The van der Waals surface area contributed by atoms with Crippen LogP contribution < -0.4 is 0 Å². The van der Waals surface area contributed by atoms with Crippen LogP contribution in [-0.2, 0) is 15.1 Å². The van der Waals surface area contributed by atoms with Crippen molar-refractivity contribution in [2.75, 3.05) is 0 Å². The Kier molecular flexibility index (Phi) is 8.70. The molecule has 0 aliphatic carbocycles. The van der Waals surface area contributed by atoms with Crippen LogP contribution in [0.25, 0.3) is 0 Å². The molecule has 0 radical (unpaired) electrons. The minimum Gasteiger partial charge on any atom is -0.0915 e. The molecular formula is C14H12Cl10. The molecule has 1 aromatic carbocycles. The zero-order chi connectivity index (χ0) is 19.0. The van der Waals surface area contributed by atoms with Crippen LogP contribution in [0.3, 0.4) is 0 Å². The molecule has 1 aromatic rings. The van der Waals surface area contributed by atoms with Crippen molar-refractivity contribution in [1.29, 1.82) is 0 Å². The van der Waals surface area contributed by atoms with Crippen LogP contribution in [0.5, 0.6) is 0 Å². The zero-order valence-corrected chi connectivity index (χ0v) is 19.7. The number of alkyl halides is 10. The summed E-state index contributed by atoms with van der Waals surface area (Å²) >= 11 is 60.5. The van der Waals surface area contributed by atoms with E-state index in [4.69, 9.17) is 116 Å². The summed E-state index contributed by atoms with van der Waals surface area (Å²) in [5.74, 6) is 0. The smallest absolute Gasteiger partial charge is 0.0915 e. The predicted molar refractivity (Wildman–Crippen MR) is 112 cm³/mol. The van der Waals surface area contributed by atoms with Crippen molar-refractivity contribution >= 4 is 116 Å². The van der Waals surface area contributed by atoms with Gasteiger partial charge in [-0.1, -0.05) is 141 Å². The molecular weight excluding hydrogens is 523 g/mol. The number of benzene rings is 1. The van der Waals surface area contributed by atoms with Gasteiger partial charge in [-0.3, -0.25) is 0 Å². The summed E-state index contributed by atoms with van der Waals surface area (Å²) in [6.07, 6.45) is 2.50. The van der Waals surface area contributed by atoms with Gasteiger partial charge in [-0.05, 0) is 35.6 Å². The molecule has 0 nitrogen and oxygen atoms in total. The summed E-state index contributed by atoms with van der Waals surface area (Å²) in [7, 11) is 0. The first kappa shape index (κ1) is 24.2. The molecule has 0 unspecified atom stereocenters. The monoisotopic (exact) mass is 530 g/mol. The fourth-order valence-corrected chi connectivity index (χ4v) is 3.19. The molecule has 0 spiro atoms. The SMILES string of the molecule is CCCCc1ccc(C(Cl)(Cl)C(Cl)(Cl)Cl)cc1C(Cl)(Cl)C(Cl)(Cl)Cl. The maximum absolute atomic E-state index is 6.34. The minimum absolute atomic E-state index is 0.265. The number of hydrogen-bond acceptors (Lipinski definition) is 0. The Balaban J connectivity index is 3.55. The Bertz CT molecular complexity index is 568. The van der Waals surface area contributed by atoms with Crippen LogP contribution in [0.1, 0.15) is 36.5 Å². The fraction of sp³-hybridized carbons (Fsp3) is 0.571. The second-order valence-electron chi connectivity index (χ2n) is 5.12. The van der Waals surface area contributed by atoms with Gasteiger partial charge < -0.3 is 0 Å². The topological polar surface area (TPSA) is 0 Å². The van der Waals surface area contributed by atoms with Crippen LogP contribution in [0.4, 0.5) is 0 Å². The van der Waals surface area contributed by atoms with Gasteiger partial charge in [-0.2, -0.15) is 0 Å². The van der Waals surface area contributed by atoms with E-state index in [-0.39, 0.29) is 5.56 Å². The average Bonchev–Trinajstić information content (AvgIpc) is 2.42. The van der Waals surface area contributed by atoms with Crippen LogP contribution >= 0.6 is 116 Å². The second-order valence-corrected chi connectivity index (χ2v) is 12.3. The Morgan fingerprint density at radius 2 is 1.25 bits per heavy atom. The second kappa shape index (κ2) is 8.64. The van der Waals surface area contributed by atoms with Crippen molar-refractivity contribution in [3.05, 3.63) is 34.9 Å². The molecule has 0 aromatic heterocycles. The first-order chi connectivity index (χ1) is 10.7. The Labute approximate surface area is 191 Å². The number of unbranched alkanes of at least 4 members (excludes halogenated alkanes) is 1. The van der Waals surface area contributed by atoms with E-state index in [0.29, 0.717) is 12.0 Å². The molecule has 10 heteroatoms. The van der Waals surface area contributed by atoms with E-state index in [2.05, 4.69) is 0 Å². The Morgan fingerprint density at radius 3 is 1.67 bits per heavy atom. The van der Waals surface area contributed by atoms with Gasteiger partial charge in [0.2, 0.25) is 7.59 Å². The number of halogens is 10. The summed E-state index contributed by atoms with van der Waals surface area (Å²) < 4.78 is -7.71. The molecule has 0 N–H and O–H groups in total. The molecule has 0 bridgehead atoms. The molecule has 24 heavy (non-hydrogen) atoms. The highest BCUT2D eigenvalue weighted by Crippen LogP contribution is 2.57. The maximum atomic E-state index is 6.34. The largest absolute Gasteiger partial charge is 0.227 e. The highest BCUT2D eigenvalue weighted by Gasteiger charge is 2.51. The quantitative estimate of drug-likeness (QED) is 0.331. The lowest BCUT2D eigenvalue weighted by molar-refractivity contribution is 0.765. The van der Waals surface area contributed by atoms with Crippen LogP contribution in [0.15, 0.2) is 18.2 Å². The molecule has 1 rings (SSSR count). The van der Waals surface area contributed by atoms with Gasteiger partial charge in [0.25, 0.3) is 0 Å². The van der Waals surface area contributed by atoms with Gasteiger partial charge in [0, 0.05) is 0 Å². The molecule has 0 aliphatic rings. The number of rotatable bonds is 5. The maximum Gasteiger partial charge on any atom is 0.227 e. The highest BCUT2D eigenvalue weighted by atomic mass is 35.6.